The van der Waals surface area contributed by atoms with Crippen molar-refractivity contribution in [2.24, 2.45) is 0 Å². The number of rotatable bonds is 5. The minimum atomic E-state index is -3.35. The number of benzene rings is 1. The van der Waals surface area contributed by atoms with Crippen LogP contribution in [0.3, 0.4) is 0 Å². The molecular formula is C15H22FNO4S. The van der Waals surface area contributed by atoms with E-state index in [-0.39, 0.29) is 31.0 Å². The van der Waals surface area contributed by atoms with Crippen LogP contribution in [0.4, 0.5) is 4.39 Å². The summed E-state index contributed by atoms with van der Waals surface area (Å²) in [6.07, 6.45) is 0.0651. The molecule has 2 rings (SSSR count). The molecule has 0 unspecified atom stereocenters. The molecule has 124 valence electrons. The molecule has 22 heavy (non-hydrogen) atoms. The van der Waals surface area contributed by atoms with Gasteiger partial charge in [0, 0.05) is 12.6 Å². The minimum Gasteiger partial charge on any atom is -0.486 e. The monoisotopic (exact) mass is 331 g/mol. The Hall–Kier alpha value is -1.18. The van der Waals surface area contributed by atoms with Crippen molar-refractivity contribution >= 4 is 10.0 Å². The lowest BCUT2D eigenvalue weighted by atomic mass is 9.91. The molecule has 1 aromatic carbocycles. The van der Waals surface area contributed by atoms with E-state index in [1.165, 1.54) is 22.5 Å². The van der Waals surface area contributed by atoms with Gasteiger partial charge in [-0.25, -0.2) is 12.8 Å². The maximum atomic E-state index is 13.2. The van der Waals surface area contributed by atoms with Crippen LogP contribution in [0.15, 0.2) is 24.3 Å². The summed E-state index contributed by atoms with van der Waals surface area (Å²) < 4.78 is 44.6. The van der Waals surface area contributed by atoms with Crippen molar-refractivity contribution in [3.63, 3.8) is 0 Å². The highest BCUT2D eigenvalue weighted by Crippen LogP contribution is 2.28. The summed E-state index contributed by atoms with van der Waals surface area (Å²) in [6.45, 7) is 3.74. The lowest BCUT2D eigenvalue weighted by molar-refractivity contribution is -0.0809. The average molecular weight is 331 g/mol. The molecule has 0 spiro atoms. The van der Waals surface area contributed by atoms with Crippen LogP contribution in [0.2, 0.25) is 0 Å². The van der Waals surface area contributed by atoms with Gasteiger partial charge in [-0.15, -0.1) is 0 Å². The van der Waals surface area contributed by atoms with Gasteiger partial charge in [0.25, 0.3) is 0 Å². The van der Waals surface area contributed by atoms with E-state index < -0.39 is 27.5 Å². The molecule has 0 aliphatic carbocycles. The summed E-state index contributed by atoms with van der Waals surface area (Å²) in [5.41, 5.74) is -1.16. The summed E-state index contributed by atoms with van der Waals surface area (Å²) in [5.74, 6) is -0.0922. The smallest absolute Gasteiger partial charge is 0.214 e. The Morgan fingerprint density at radius 3 is 2.86 bits per heavy atom. The number of hydrogen-bond acceptors (Lipinski definition) is 4. The second kappa shape index (κ2) is 6.52. The molecule has 2 atom stereocenters. The van der Waals surface area contributed by atoms with Crippen LogP contribution in [0.1, 0.15) is 26.7 Å². The number of halogens is 1. The topological polar surface area (TPSA) is 66.8 Å². The van der Waals surface area contributed by atoms with Crippen molar-refractivity contribution in [3.05, 3.63) is 30.1 Å². The normalized spacial score (nSPS) is 26.8. The second-order valence-electron chi connectivity index (χ2n) is 5.85. The zero-order valence-corrected chi connectivity index (χ0v) is 13.6. The van der Waals surface area contributed by atoms with Gasteiger partial charge in [0.15, 0.2) is 0 Å². The zero-order valence-electron chi connectivity index (χ0n) is 12.8. The van der Waals surface area contributed by atoms with Crippen molar-refractivity contribution in [2.75, 3.05) is 18.8 Å². The van der Waals surface area contributed by atoms with Crippen LogP contribution in [0.5, 0.6) is 5.75 Å². The van der Waals surface area contributed by atoms with E-state index in [4.69, 9.17) is 4.74 Å². The SMILES string of the molecule is CCCS(=O)(=O)N1CC[C@@](C)(O)[C@H](Oc2cccc(F)c2)C1. The number of piperidine rings is 1. The largest absolute Gasteiger partial charge is 0.486 e. The first kappa shape index (κ1) is 17.2. The van der Waals surface area contributed by atoms with Gasteiger partial charge < -0.3 is 9.84 Å². The molecular weight excluding hydrogens is 309 g/mol. The van der Waals surface area contributed by atoms with Crippen molar-refractivity contribution in [3.8, 4) is 5.75 Å². The van der Waals surface area contributed by atoms with Gasteiger partial charge in [0.1, 0.15) is 23.3 Å². The molecule has 0 bridgehead atoms. The van der Waals surface area contributed by atoms with Crippen molar-refractivity contribution in [2.45, 2.75) is 38.4 Å². The number of nitrogens with zero attached hydrogens (tertiary/aromatic N) is 1. The summed E-state index contributed by atoms with van der Waals surface area (Å²) in [5, 5.41) is 10.4. The Bertz CT molecular complexity index is 618. The third-order valence-corrected chi connectivity index (χ3v) is 5.90. The third-order valence-electron chi connectivity index (χ3n) is 3.86. The summed E-state index contributed by atoms with van der Waals surface area (Å²) >= 11 is 0. The van der Waals surface area contributed by atoms with E-state index in [1.54, 1.807) is 19.9 Å². The fraction of sp³-hybridized carbons (Fsp3) is 0.600. The van der Waals surface area contributed by atoms with Crippen molar-refractivity contribution in [1.29, 1.82) is 0 Å². The van der Waals surface area contributed by atoms with Gasteiger partial charge in [-0.3, -0.25) is 0 Å². The molecule has 1 saturated heterocycles. The standard InChI is InChI=1S/C15H22FNO4S/c1-3-9-22(19,20)17-8-7-15(2,18)14(11-17)21-13-6-4-5-12(16)10-13/h4-6,10,14,18H,3,7-9,11H2,1-2H3/t14-,15-/m1/s1. The van der Waals surface area contributed by atoms with Crippen molar-refractivity contribution < 1.29 is 22.7 Å². The molecule has 1 N–H and O–H groups in total. The highest BCUT2D eigenvalue weighted by atomic mass is 32.2. The fourth-order valence-electron chi connectivity index (χ4n) is 2.49. The first-order chi connectivity index (χ1) is 10.2. The zero-order chi connectivity index (χ0) is 16.4. The van der Waals surface area contributed by atoms with Gasteiger partial charge in [0.2, 0.25) is 10.0 Å². The Balaban J connectivity index is 2.16. The van der Waals surface area contributed by atoms with E-state index in [0.717, 1.165) is 0 Å². The molecule has 1 heterocycles. The molecule has 1 aliphatic rings. The van der Waals surface area contributed by atoms with E-state index in [2.05, 4.69) is 0 Å². The second-order valence-corrected chi connectivity index (χ2v) is 7.93. The van der Waals surface area contributed by atoms with Crippen LogP contribution in [-0.4, -0.2) is 48.4 Å². The molecule has 5 nitrogen and oxygen atoms in total. The van der Waals surface area contributed by atoms with E-state index in [1.807, 2.05) is 0 Å². The highest BCUT2D eigenvalue weighted by molar-refractivity contribution is 7.89. The van der Waals surface area contributed by atoms with Crippen LogP contribution in [-0.2, 0) is 10.0 Å². The maximum absolute atomic E-state index is 13.2. The molecule has 7 heteroatoms. The number of hydrogen-bond donors (Lipinski definition) is 1. The summed E-state index contributed by atoms with van der Waals surface area (Å²) in [4.78, 5) is 0. The number of ether oxygens (including phenoxy) is 1. The Kier molecular flexibility index (Phi) is 5.09. The van der Waals surface area contributed by atoms with E-state index >= 15 is 0 Å². The number of aliphatic hydroxyl groups is 1. The fourth-order valence-corrected chi connectivity index (χ4v) is 4.00. The van der Waals surface area contributed by atoms with Gasteiger partial charge in [0.05, 0.1) is 12.3 Å². The van der Waals surface area contributed by atoms with Crippen LogP contribution < -0.4 is 4.74 Å². The van der Waals surface area contributed by atoms with Crippen molar-refractivity contribution in [1.82, 2.24) is 4.31 Å². The summed E-state index contributed by atoms with van der Waals surface area (Å²) in [6, 6.07) is 5.60. The quantitative estimate of drug-likeness (QED) is 0.893. The van der Waals surface area contributed by atoms with Gasteiger partial charge in [-0.2, -0.15) is 4.31 Å². The van der Waals surface area contributed by atoms with Gasteiger partial charge in [-0.1, -0.05) is 13.0 Å². The molecule has 1 aromatic rings. The maximum Gasteiger partial charge on any atom is 0.214 e. The van der Waals surface area contributed by atoms with E-state index in [9.17, 15) is 17.9 Å². The predicted molar refractivity (Wildman–Crippen MR) is 81.7 cm³/mol. The predicted octanol–water partition coefficient (Wildman–Crippen LogP) is 1.77. The molecule has 0 aromatic heterocycles. The lowest BCUT2D eigenvalue weighted by Gasteiger charge is -2.41. The Morgan fingerprint density at radius 2 is 2.23 bits per heavy atom. The van der Waals surface area contributed by atoms with Crippen LogP contribution in [0, 0.1) is 5.82 Å². The molecule has 1 aliphatic heterocycles. The highest BCUT2D eigenvalue weighted by Gasteiger charge is 2.42. The van der Waals surface area contributed by atoms with Gasteiger partial charge >= 0.3 is 0 Å². The Labute approximate surface area is 130 Å². The van der Waals surface area contributed by atoms with Crippen LogP contribution in [0.25, 0.3) is 0 Å². The number of sulfonamides is 1. The molecule has 0 amide bonds. The molecule has 1 fully saturated rings. The third kappa shape index (κ3) is 3.97. The van der Waals surface area contributed by atoms with E-state index in [0.29, 0.717) is 6.42 Å². The minimum absolute atomic E-state index is 0.0614. The first-order valence-corrected chi connectivity index (χ1v) is 8.98. The Morgan fingerprint density at radius 1 is 1.50 bits per heavy atom. The molecule has 0 saturated carbocycles. The average Bonchev–Trinajstić information content (AvgIpc) is 2.41. The van der Waals surface area contributed by atoms with Gasteiger partial charge in [-0.05, 0) is 31.9 Å². The summed E-state index contributed by atoms with van der Waals surface area (Å²) in [7, 11) is -3.35. The lowest BCUT2D eigenvalue weighted by Crippen LogP contribution is -2.57. The van der Waals surface area contributed by atoms with Crippen LogP contribution >= 0.6 is 0 Å². The molecule has 0 radical (unpaired) electrons. The first-order valence-electron chi connectivity index (χ1n) is 7.37.